The summed E-state index contributed by atoms with van der Waals surface area (Å²) in [5.41, 5.74) is 0.842. The van der Waals surface area contributed by atoms with E-state index in [1.165, 1.54) is 17.4 Å². The first kappa shape index (κ1) is 14.0. The molecule has 2 heterocycles. The third kappa shape index (κ3) is 3.33. The number of nitrogens with one attached hydrogen (secondary N) is 1. The summed E-state index contributed by atoms with van der Waals surface area (Å²) in [5, 5.41) is 14.9. The summed E-state index contributed by atoms with van der Waals surface area (Å²) in [6, 6.07) is 3.32. The zero-order valence-electron chi connectivity index (χ0n) is 10.8. The van der Waals surface area contributed by atoms with E-state index in [9.17, 15) is 9.59 Å². The van der Waals surface area contributed by atoms with Crippen molar-refractivity contribution in [2.45, 2.75) is 13.8 Å². The van der Waals surface area contributed by atoms with Crippen molar-refractivity contribution in [1.82, 2.24) is 5.16 Å². The summed E-state index contributed by atoms with van der Waals surface area (Å²) in [5.74, 6) is -0.378. The maximum absolute atomic E-state index is 12.0. The van der Waals surface area contributed by atoms with Crippen LogP contribution in [0.1, 0.15) is 25.9 Å². The van der Waals surface area contributed by atoms with E-state index in [1.54, 1.807) is 19.1 Å². The molecule has 0 fully saturated rings. The molecule has 0 aliphatic carbocycles. The van der Waals surface area contributed by atoms with Gasteiger partial charge in [0.25, 0.3) is 5.91 Å². The largest absolute Gasteiger partial charge is 0.478 e. The highest BCUT2D eigenvalue weighted by Crippen LogP contribution is 2.24. The predicted molar refractivity (Wildman–Crippen MR) is 74.9 cm³/mol. The molecule has 0 aromatic carbocycles. The van der Waals surface area contributed by atoms with Gasteiger partial charge in [-0.05, 0) is 31.6 Å². The molecule has 0 atom stereocenters. The van der Waals surface area contributed by atoms with Crippen molar-refractivity contribution in [3.63, 3.8) is 0 Å². The molecule has 0 unspecified atom stereocenters. The fraction of sp³-hybridized carbons (Fsp3) is 0.154. The van der Waals surface area contributed by atoms with Gasteiger partial charge >= 0.3 is 5.97 Å². The number of rotatable bonds is 4. The van der Waals surface area contributed by atoms with Gasteiger partial charge < -0.3 is 14.9 Å². The van der Waals surface area contributed by atoms with Gasteiger partial charge in [-0.1, -0.05) is 5.16 Å². The van der Waals surface area contributed by atoms with E-state index in [0.29, 0.717) is 16.5 Å². The molecule has 2 rings (SSSR count). The maximum Gasteiger partial charge on any atom is 0.328 e. The highest BCUT2D eigenvalue weighted by Gasteiger charge is 2.13. The standard InChI is InChI=1S/C13H12N2O4S/c1-7-5-10(20-9(7)3-4-12(16)17)13(18)14-11-6-8(2)19-15-11/h3-6H,1-2H3,(H,16,17)(H,14,15,18)/b4-3+. The molecule has 1 amide bonds. The number of aryl methyl sites for hydroxylation is 2. The Morgan fingerprint density at radius 1 is 1.40 bits per heavy atom. The van der Waals surface area contributed by atoms with Crippen LogP contribution in [0.5, 0.6) is 0 Å². The van der Waals surface area contributed by atoms with E-state index >= 15 is 0 Å². The monoisotopic (exact) mass is 292 g/mol. The van der Waals surface area contributed by atoms with Gasteiger partial charge in [0.15, 0.2) is 5.82 Å². The minimum absolute atomic E-state index is 0.304. The van der Waals surface area contributed by atoms with Crippen molar-refractivity contribution in [3.8, 4) is 0 Å². The first-order valence-corrected chi connectivity index (χ1v) is 6.53. The number of anilines is 1. The Bertz CT molecular complexity index is 684. The number of aromatic nitrogens is 1. The third-order valence-corrected chi connectivity index (χ3v) is 3.63. The Balaban J connectivity index is 2.15. The molecule has 104 valence electrons. The van der Waals surface area contributed by atoms with E-state index in [4.69, 9.17) is 9.63 Å². The quantitative estimate of drug-likeness (QED) is 0.845. The number of carbonyl (C=O) groups excluding carboxylic acids is 1. The highest BCUT2D eigenvalue weighted by molar-refractivity contribution is 7.15. The lowest BCUT2D eigenvalue weighted by molar-refractivity contribution is -0.131. The number of aliphatic carboxylic acids is 1. The molecule has 0 radical (unpaired) electrons. The van der Waals surface area contributed by atoms with Gasteiger partial charge in [-0.3, -0.25) is 4.79 Å². The highest BCUT2D eigenvalue weighted by atomic mass is 32.1. The maximum atomic E-state index is 12.0. The van der Waals surface area contributed by atoms with Crippen molar-refractivity contribution in [1.29, 1.82) is 0 Å². The number of carboxylic acid groups (broad SMARTS) is 1. The Hall–Kier alpha value is -2.41. The van der Waals surface area contributed by atoms with E-state index < -0.39 is 5.97 Å². The Morgan fingerprint density at radius 2 is 2.15 bits per heavy atom. The third-order valence-electron chi connectivity index (χ3n) is 2.43. The van der Waals surface area contributed by atoms with Crippen molar-refractivity contribution in [2.75, 3.05) is 5.32 Å². The SMILES string of the molecule is Cc1cc(NC(=O)c2cc(C)c(/C=C/C(=O)O)s2)no1. The second-order valence-electron chi connectivity index (χ2n) is 4.11. The van der Waals surface area contributed by atoms with Crippen LogP contribution in [-0.2, 0) is 4.79 Å². The Kier molecular flexibility index (Phi) is 3.99. The van der Waals surface area contributed by atoms with Crippen LogP contribution in [0.15, 0.2) is 22.7 Å². The first-order valence-electron chi connectivity index (χ1n) is 5.72. The smallest absolute Gasteiger partial charge is 0.328 e. The van der Waals surface area contributed by atoms with Gasteiger partial charge in [0.1, 0.15) is 5.76 Å². The molecule has 0 aliphatic heterocycles. The molecular formula is C13H12N2O4S. The van der Waals surface area contributed by atoms with Crippen LogP contribution in [0.3, 0.4) is 0 Å². The Morgan fingerprint density at radius 3 is 2.75 bits per heavy atom. The van der Waals surface area contributed by atoms with Crippen LogP contribution >= 0.6 is 11.3 Å². The number of carboxylic acids is 1. The first-order chi connectivity index (χ1) is 9.45. The molecule has 20 heavy (non-hydrogen) atoms. The Labute approximate surface area is 118 Å². The lowest BCUT2D eigenvalue weighted by Crippen LogP contribution is -2.10. The molecule has 2 aromatic heterocycles. The fourth-order valence-electron chi connectivity index (χ4n) is 1.52. The van der Waals surface area contributed by atoms with E-state index in [-0.39, 0.29) is 5.91 Å². The number of nitrogens with zero attached hydrogens (tertiary/aromatic N) is 1. The minimum atomic E-state index is -1.03. The molecule has 6 nitrogen and oxygen atoms in total. The second-order valence-corrected chi connectivity index (χ2v) is 5.19. The molecule has 0 aliphatic rings. The lowest BCUT2D eigenvalue weighted by Gasteiger charge is -1.96. The van der Waals surface area contributed by atoms with Crippen molar-refractivity contribution in [3.05, 3.63) is 39.3 Å². The van der Waals surface area contributed by atoms with Gasteiger partial charge in [0, 0.05) is 17.0 Å². The second kappa shape index (κ2) is 5.70. The van der Waals surface area contributed by atoms with Crippen LogP contribution in [0.2, 0.25) is 0 Å². The summed E-state index contributed by atoms with van der Waals surface area (Å²) >= 11 is 1.22. The number of hydrogen-bond donors (Lipinski definition) is 2. The molecule has 2 aromatic rings. The van der Waals surface area contributed by atoms with E-state index in [1.807, 2.05) is 6.92 Å². The van der Waals surface area contributed by atoms with Crippen LogP contribution < -0.4 is 5.32 Å². The summed E-state index contributed by atoms with van der Waals surface area (Å²) in [6.45, 7) is 3.54. The lowest BCUT2D eigenvalue weighted by atomic mass is 10.2. The van der Waals surface area contributed by atoms with Gasteiger partial charge in [-0.15, -0.1) is 11.3 Å². The van der Waals surface area contributed by atoms with Gasteiger partial charge in [-0.2, -0.15) is 0 Å². The van der Waals surface area contributed by atoms with Gasteiger partial charge in [0.05, 0.1) is 4.88 Å². The molecule has 7 heteroatoms. The van der Waals surface area contributed by atoms with Crippen molar-refractivity contribution < 1.29 is 19.2 Å². The molecule has 0 bridgehead atoms. The zero-order valence-corrected chi connectivity index (χ0v) is 11.7. The molecule has 2 N–H and O–H groups in total. The molecular weight excluding hydrogens is 280 g/mol. The van der Waals surface area contributed by atoms with Gasteiger partial charge in [0.2, 0.25) is 0 Å². The molecule has 0 spiro atoms. The van der Waals surface area contributed by atoms with Crippen molar-refractivity contribution in [2.24, 2.45) is 0 Å². The number of thiophene rings is 1. The number of carbonyl (C=O) groups is 2. The summed E-state index contributed by atoms with van der Waals surface area (Å²) in [7, 11) is 0. The van der Waals surface area contributed by atoms with E-state index in [0.717, 1.165) is 16.5 Å². The minimum Gasteiger partial charge on any atom is -0.478 e. The van der Waals surface area contributed by atoms with Crippen molar-refractivity contribution >= 4 is 35.1 Å². The average Bonchev–Trinajstić information content (AvgIpc) is 2.93. The summed E-state index contributed by atoms with van der Waals surface area (Å²) < 4.78 is 4.86. The fourth-order valence-corrected chi connectivity index (χ4v) is 2.50. The van der Waals surface area contributed by atoms with Crippen LogP contribution in [0, 0.1) is 13.8 Å². The summed E-state index contributed by atoms with van der Waals surface area (Å²) in [6.07, 6.45) is 2.51. The van der Waals surface area contributed by atoms with E-state index in [2.05, 4.69) is 10.5 Å². The average molecular weight is 292 g/mol. The summed E-state index contributed by atoms with van der Waals surface area (Å²) in [4.78, 5) is 23.7. The topological polar surface area (TPSA) is 92.4 Å². The van der Waals surface area contributed by atoms with Gasteiger partial charge in [-0.25, -0.2) is 4.79 Å². The van der Waals surface area contributed by atoms with Crippen LogP contribution in [0.25, 0.3) is 6.08 Å². The normalized spacial score (nSPS) is 10.9. The predicted octanol–water partition coefficient (Wildman–Crippen LogP) is 2.70. The zero-order chi connectivity index (χ0) is 14.7. The van der Waals surface area contributed by atoms with Crippen LogP contribution in [-0.4, -0.2) is 22.1 Å². The molecule has 0 saturated carbocycles. The molecule has 0 saturated heterocycles. The number of amides is 1. The van der Waals surface area contributed by atoms with Crippen LogP contribution in [0.4, 0.5) is 5.82 Å². The number of hydrogen-bond acceptors (Lipinski definition) is 5.